The van der Waals surface area contributed by atoms with Gasteiger partial charge in [-0.3, -0.25) is 0 Å². The summed E-state index contributed by atoms with van der Waals surface area (Å²) >= 11 is 2.02. The molecule has 1 saturated heterocycles. The van der Waals surface area contributed by atoms with Gasteiger partial charge in [0.15, 0.2) is 0 Å². The fourth-order valence-corrected chi connectivity index (χ4v) is 1.85. The molecule has 13 heavy (non-hydrogen) atoms. The molecule has 2 heteroatoms. The molecule has 0 aromatic rings. The lowest BCUT2D eigenvalue weighted by atomic mass is 10.0. The van der Waals surface area contributed by atoms with E-state index >= 15 is 0 Å². The number of rotatable bonds is 8. The molecule has 1 rings (SSSR count). The summed E-state index contributed by atoms with van der Waals surface area (Å²) in [7, 11) is 0. The average molecular weight is 202 g/mol. The summed E-state index contributed by atoms with van der Waals surface area (Å²) in [4.78, 5) is 0. The third-order valence-electron chi connectivity index (χ3n) is 2.60. The predicted molar refractivity (Wildman–Crippen MR) is 60.4 cm³/mol. The number of thioether (sulfide) groups is 1. The maximum absolute atomic E-state index is 5.69. The average Bonchev–Trinajstić information content (AvgIpc) is 2.94. The second-order valence-electron chi connectivity index (χ2n) is 3.91. The van der Waals surface area contributed by atoms with Crippen LogP contribution in [0.4, 0.5) is 0 Å². The Morgan fingerprint density at radius 3 is 2.77 bits per heavy atom. The molecule has 1 nitrogen and oxygen atoms in total. The lowest BCUT2D eigenvalue weighted by Crippen LogP contribution is -2.11. The Bertz CT molecular complexity index is 123. The van der Waals surface area contributed by atoms with E-state index in [-0.39, 0.29) is 0 Å². The first-order valence-electron chi connectivity index (χ1n) is 5.56. The third-order valence-corrected chi connectivity index (χ3v) is 3.54. The fourth-order valence-electron chi connectivity index (χ4n) is 1.43. The largest absolute Gasteiger partial charge is 0.380 e. The Labute approximate surface area is 86.6 Å². The number of ether oxygens (including phenoxy) is 1. The van der Waals surface area contributed by atoms with Crippen LogP contribution in [0.5, 0.6) is 0 Å². The SMILES string of the molecule is CCCCC(CC)COCC1CS1. The van der Waals surface area contributed by atoms with E-state index in [1.54, 1.807) is 0 Å². The normalized spacial score (nSPS) is 23.1. The van der Waals surface area contributed by atoms with Crippen molar-refractivity contribution in [1.29, 1.82) is 0 Å². The molecule has 1 aliphatic rings. The Morgan fingerprint density at radius 1 is 1.46 bits per heavy atom. The molecule has 0 aliphatic carbocycles. The second-order valence-corrected chi connectivity index (χ2v) is 5.24. The zero-order chi connectivity index (χ0) is 9.52. The summed E-state index contributed by atoms with van der Waals surface area (Å²) in [6.45, 7) is 6.52. The van der Waals surface area contributed by atoms with Gasteiger partial charge in [0.25, 0.3) is 0 Å². The van der Waals surface area contributed by atoms with Crippen molar-refractivity contribution in [3.63, 3.8) is 0 Å². The summed E-state index contributed by atoms with van der Waals surface area (Å²) < 4.78 is 5.69. The minimum atomic E-state index is 0.809. The van der Waals surface area contributed by atoms with Crippen LogP contribution in [0.1, 0.15) is 39.5 Å². The van der Waals surface area contributed by atoms with Gasteiger partial charge in [0.2, 0.25) is 0 Å². The summed E-state index contributed by atoms with van der Waals surface area (Å²) in [5, 5.41) is 0.837. The first kappa shape index (κ1) is 11.4. The van der Waals surface area contributed by atoms with Crippen LogP contribution in [0.25, 0.3) is 0 Å². The molecule has 0 bridgehead atoms. The van der Waals surface area contributed by atoms with Crippen LogP contribution < -0.4 is 0 Å². The van der Waals surface area contributed by atoms with Crippen molar-refractivity contribution >= 4 is 11.8 Å². The Kier molecular flexibility index (Phi) is 5.88. The van der Waals surface area contributed by atoms with Crippen LogP contribution in [-0.2, 0) is 4.74 Å². The molecule has 78 valence electrons. The first-order valence-corrected chi connectivity index (χ1v) is 6.61. The molecule has 0 aromatic carbocycles. The van der Waals surface area contributed by atoms with Crippen LogP contribution >= 0.6 is 11.8 Å². The molecule has 0 spiro atoms. The van der Waals surface area contributed by atoms with Gasteiger partial charge < -0.3 is 4.74 Å². The highest BCUT2D eigenvalue weighted by atomic mass is 32.2. The van der Waals surface area contributed by atoms with Gasteiger partial charge in [-0.25, -0.2) is 0 Å². The van der Waals surface area contributed by atoms with Crippen LogP contribution in [0.15, 0.2) is 0 Å². The molecular formula is C11H22OS. The van der Waals surface area contributed by atoms with E-state index in [2.05, 4.69) is 13.8 Å². The van der Waals surface area contributed by atoms with Gasteiger partial charge >= 0.3 is 0 Å². The van der Waals surface area contributed by atoms with Gasteiger partial charge in [-0.1, -0.05) is 33.1 Å². The van der Waals surface area contributed by atoms with E-state index in [0.717, 1.165) is 24.4 Å². The summed E-state index contributed by atoms with van der Waals surface area (Å²) in [6.07, 6.45) is 5.30. The lowest BCUT2D eigenvalue weighted by molar-refractivity contribution is 0.100. The Balaban J connectivity index is 1.93. The Hall–Kier alpha value is 0.310. The van der Waals surface area contributed by atoms with Crippen molar-refractivity contribution in [2.24, 2.45) is 5.92 Å². The summed E-state index contributed by atoms with van der Waals surface area (Å²) in [5.74, 6) is 2.13. The monoisotopic (exact) mass is 202 g/mol. The van der Waals surface area contributed by atoms with E-state index in [1.807, 2.05) is 11.8 Å². The van der Waals surface area contributed by atoms with Crippen molar-refractivity contribution < 1.29 is 4.74 Å². The van der Waals surface area contributed by atoms with Crippen LogP contribution in [0, 0.1) is 5.92 Å². The molecule has 1 aliphatic heterocycles. The van der Waals surface area contributed by atoms with Crippen LogP contribution in [0.2, 0.25) is 0 Å². The highest BCUT2D eigenvalue weighted by Gasteiger charge is 2.22. The van der Waals surface area contributed by atoms with Gasteiger partial charge in [0.05, 0.1) is 6.61 Å². The zero-order valence-electron chi connectivity index (χ0n) is 8.92. The highest BCUT2D eigenvalue weighted by molar-refractivity contribution is 8.06. The third kappa shape index (κ3) is 5.58. The van der Waals surface area contributed by atoms with E-state index in [0.29, 0.717) is 0 Å². The molecule has 1 fully saturated rings. The van der Waals surface area contributed by atoms with E-state index in [1.165, 1.54) is 31.4 Å². The maximum atomic E-state index is 5.69. The number of unbranched alkanes of at least 4 members (excludes halogenated alkanes) is 1. The van der Waals surface area contributed by atoms with E-state index < -0.39 is 0 Å². The molecule has 0 amide bonds. The predicted octanol–water partition coefficient (Wildman–Crippen LogP) is 3.33. The van der Waals surface area contributed by atoms with E-state index in [9.17, 15) is 0 Å². The number of hydrogen-bond acceptors (Lipinski definition) is 2. The van der Waals surface area contributed by atoms with Gasteiger partial charge in [0, 0.05) is 17.6 Å². The molecule has 0 N–H and O–H groups in total. The minimum absolute atomic E-state index is 0.809. The quantitative estimate of drug-likeness (QED) is 0.558. The summed E-state index contributed by atoms with van der Waals surface area (Å²) in [5.41, 5.74) is 0. The number of hydrogen-bond donors (Lipinski definition) is 0. The van der Waals surface area contributed by atoms with Crippen molar-refractivity contribution in [2.45, 2.75) is 44.8 Å². The topological polar surface area (TPSA) is 9.23 Å². The van der Waals surface area contributed by atoms with Crippen molar-refractivity contribution in [3.8, 4) is 0 Å². The smallest absolute Gasteiger partial charge is 0.0593 e. The molecule has 0 saturated carbocycles. The van der Waals surface area contributed by atoms with Gasteiger partial charge in [-0.15, -0.1) is 0 Å². The zero-order valence-corrected chi connectivity index (χ0v) is 9.74. The maximum Gasteiger partial charge on any atom is 0.0593 e. The van der Waals surface area contributed by atoms with Crippen molar-refractivity contribution in [2.75, 3.05) is 19.0 Å². The fraction of sp³-hybridized carbons (Fsp3) is 1.00. The van der Waals surface area contributed by atoms with Gasteiger partial charge in [-0.2, -0.15) is 11.8 Å². The molecule has 0 radical (unpaired) electrons. The van der Waals surface area contributed by atoms with E-state index in [4.69, 9.17) is 4.74 Å². The molecular weight excluding hydrogens is 180 g/mol. The van der Waals surface area contributed by atoms with Crippen molar-refractivity contribution in [3.05, 3.63) is 0 Å². The summed E-state index contributed by atoms with van der Waals surface area (Å²) in [6, 6.07) is 0. The molecule has 1 heterocycles. The Morgan fingerprint density at radius 2 is 2.23 bits per heavy atom. The van der Waals surface area contributed by atoms with Crippen LogP contribution in [0.3, 0.4) is 0 Å². The van der Waals surface area contributed by atoms with Gasteiger partial charge in [-0.05, 0) is 12.3 Å². The standard InChI is InChI=1S/C11H22OS/c1-3-5-6-10(4-2)7-12-8-11-9-13-11/h10-11H,3-9H2,1-2H3. The van der Waals surface area contributed by atoms with Gasteiger partial charge in [0.1, 0.15) is 0 Å². The first-order chi connectivity index (χ1) is 6.36. The molecule has 2 atom stereocenters. The molecule has 2 unspecified atom stereocenters. The second kappa shape index (κ2) is 6.72. The highest BCUT2D eigenvalue weighted by Crippen LogP contribution is 2.30. The minimum Gasteiger partial charge on any atom is -0.380 e. The molecule has 0 aromatic heterocycles. The van der Waals surface area contributed by atoms with Crippen molar-refractivity contribution in [1.82, 2.24) is 0 Å². The van der Waals surface area contributed by atoms with Crippen LogP contribution in [-0.4, -0.2) is 24.2 Å². The lowest BCUT2D eigenvalue weighted by Gasteiger charge is -2.14.